The number of nitrogens with zero attached hydrogens (tertiary/aromatic N) is 1. The highest BCUT2D eigenvalue weighted by Crippen LogP contribution is 2.25. The van der Waals surface area contributed by atoms with E-state index >= 15 is 0 Å². The monoisotopic (exact) mass is 264 g/mol. The first kappa shape index (κ1) is 14.5. The van der Waals surface area contributed by atoms with Gasteiger partial charge in [0.15, 0.2) is 0 Å². The van der Waals surface area contributed by atoms with Crippen LogP contribution in [0.1, 0.15) is 58.1 Å². The van der Waals surface area contributed by atoms with Gasteiger partial charge in [0.1, 0.15) is 5.82 Å². The van der Waals surface area contributed by atoms with Gasteiger partial charge in [-0.05, 0) is 39.2 Å². The van der Waals surface area contributed by atoms with Crippen LogP contribution >= 0.6 is 0 Å². The molecular formula is C16H25FN2. The minimum Gasteiger partial charge on any atom is -0.247 e. The Morgan fingerprint density at radius 3 is 2.47 bits per heavy atom. The predicted molar refractivity (Wildman–Crippen MR) is 77.2 cm³/mol. The van der Waals surface area contributed by atoms with Gasteiger partial charge in [-0.15, -0.1) is 0 Å². The number of rotatable bonds is 4. The Hall–Kier alpha value is -0.930. The summed E-state index contributed by atoms with van der Waals surface area (Å²) in [4.78, 5) is 0. The molecule has 2 nitrogen and oxygen atoms in total. The van der Waals surface area contributed by atoms with E-state index in [9.17, 15) is 4.39 Å². The minimum atomic E-state index is -0.112. The summed E-state index contributed by atoms with van der Waals surface area (Å²) >= 11 is 0. The number of hydrazine groups is 1. The Morgan fingerprint density at radius 2 is 1.89 bits per heavy atom. The minimum absolute atomic E-state index is 0.0594. The highest BCUT2D eigenvalue weighted by molar-refractivity contribution is 5.21. The molecule has 1 aliphatic rings. The molecule has 1 saturated heterocycles. The summed E-state index contributed by atoms with van der Waals surface area (Å²) < 4.78 is 13.9. The van der Waals surface area contributed by atoms with E-state index < -0.39 is 0 Å². The molecule has 0 aromatic heterocycles. The lowest BCUT2D eigenvalue weighted by Crippen LogP contribution is -2.53. The number of halogens is 1. The fourth-order valence-corrected chi connectivity index (χ4v) is 2.99. The second-order valence-electron chi connectivity index (χ2n) is 5.65. The van der Waals surface area contributed by atoms with Gasteiger partial charge in [-0.1, -0.05) is 31.5 Å². The summed E-state index contributed by atoms with van der Waals surface area (Å²) in [6.07, 6.45) is 4.60. The molecule has 3 heteroatoms. The van der Waals surface area contributed by atoms with Crippen molar-refractivity contribution in [1.29, 1.82) is 0 Å². The number of nitrogens with one attached hydrogen (secondary N) is 1. The van der Waals surface area contributed by atoms with Crippen LogP contribution in [0.15, 0.2) is 24.3 Å². The summed E-state index contributed by atoms with van der Waals surface area (Å²) in [5.41, 5.74) is 4.33. The van der Waals surface area contributed by atoms with Gasteiger partial charge in [-0.3, -0.25) is 0 Å². The van der Waals surface area contributed by atoms with Crippen molar-refractivity contribution in [2.75, 3.05) is 0 Å². The number of piperidine rings is 1. The van der Waals surface area contributed by atoms with Gasteiger partial charge in [0, 0.05) is 23.7 Å². The summed E-state index contributed by atoms with van der Waals surface area (Å²) in [5, 5.41) is 2.32. The summed E-state index contributed by atoms with van der Waals surface area (Å²) in [5.74, 6) is -0.112. The molecule has 2 rings (SSSR count). The van der Waals surface area contributed by atoms with Crippen LogP contribution in [-0.2, 0) is 0 Å². The molecular weight excluding hydrogens is 239 g/mol. The Morgan fingerprint density at radius 1 is 1.26 bits per heavy atom. The van der Waals surface area contributed by atoms with Crippen molar-refractivity contribution < 1.29 is 4.39 Å². The molecule has 0 aliphatic carbocycles. The van der Waals surface area contributed by atoms with Gasteiger partial charge in [0.25, 0.3) is 0 Å². The van der Waals surface area contributed by atoms with E-state index in [0.717, 1.165) is 12.0 Å². The van der Waals surface area contributed by atoms with Gasteiger partial charge in [-0.2, -0.15) is 0 Å². The van der Waals surface area contributed by atoms with Crippen molar-refractivity contribution in [3.63, 3.8) is 0 Å². The van der Waals surface area contributed by atoms with Crippen molar-refractivity contribution in [2.24, 2.45) is 0 Å². The van der Waals surface area contributed by atoms with Gasteiger partial charge in [0.2, 0.25) is 0 Å². The Bertz CT molecular complexity index is 397. The lowest BCUT2D eigenvalue weighted by atomic mass is 9.99. The van der Waals surface area contributed by atoms with Crippen molar-refractivity contribution >= 4 is 0 Å². The second-order valence-corrected chi connectivity index (χ2v) is 5.65. The van der Waals surface area contributed by atoms with Gasteiger partial charge >= 0.3 is 0 Å². The molecule has 3 unspecified atom stereocenters. The molecule has 19 heavy (non-hydrogen) atoms. The SMILES string of the molecule is CCC(NN1C(C)CCCC1C)c1ccccc1F. The molecule has 3 atom stereocenters. The lowest BCUT2D eigenvalue weighted by molar-refractivity contribution is 0.0278. The molecule has 1 aliphatic heterocycles. The number of hydrogen-bond acceptors (Lipinski definition) is 2. The zero-order valence-electron chi connectivity index (χ0n) is 12.2. The van der Waals surface area contributed by atoms with E-state index in [2.05, 4.69) is 31.2 Å². The van der Waals surface area contributed by atoms with Crippen molar-refractivity contribution in [1.82, 2.24) is 10.4 Å². The van der Waals surface area contributed by atoms with Crippen molar-refractivity contribution in [3.05, 3.63) is 35.6 Å². The Balaban J connectivity index is 2.12. The first-order valence-corrected chi connectivity index (χ1v) is 7.42. The number of hydrogen-bond donors (Lipinski definition) is 1. The maximum Gasteiger partial charge on any atom is 0.128 e. The molecule has 1 aromatic carbocycles. The summed E-state index contributed by atoms with van der Waals surface area (Å²) in [6, 6.07) is 8.18. The van der Waals surface area contributed by atoms with Gasteiger partial charge in [-0.25, -0.2) is 14.8 Å². The average Bonchev–Trinajstić information content (AvgIpc) is 2.40. The molecule has 1 heterocycles. The standard InChI is InChI=1S/C16H25FN2/c1-4-16(14-10-5-6-11-15(14)17)18-19-12(2)8-7-9-13(19)3/h5-6,10-13,16,18H,4,7-9H2,1-3H3. The van der Waals surface area contributed by atoms with Gasteiger partial charge in [0.05, 0.1) is 0 Å². The fourth-order valence-electron chi connectivity index (χ4n) is 2.99. The normalized spacial score (nSPS) is 26.3. The predicted octanol–water partition coefficient (Wildman–Crippen LogP) is 4.04. The maximum absolute atomic E-state index is 13.9. The molecule has 1 aromatic rings. The molecule has 0 spiro atoms. The van der Waals surface area contributed by atoms with Crippen LogP contribution in [-0.4, -0.2) is 17.1 Å². The lowest BCUT2D eigenvalue weighted by Gasteiger charge is -2.41. The largest absolute Gasteiger partial charge is 0.247 e. The van der Waals surface area contributed by atoms with Crippen LogP contribution in [0, 0.1) is 5.82 Å². The van der Waals surface area contributed by atoms with E-state index in [-0.39, 0.29) is 11.9 Å². The quantitative estimate of drug-likeness (QED) is 0.882. The summed E-state index contributed by atoms with van der Waals surface area (Å²) in [7, 11) is 0. The third kappa shape index (κ3) is 3.34. The van der Waals surface area contributed by atoms with Gasteiger partial charge < -0.3 is 0 Å². The topological polar surface area (TPSA) is 15.3 Å². The highest BCUT2D eigenvalue weighted by atomic mass is 19.1. The van der Waals surface area contributed by atoms with E-state index in [4.69, 9.17) is 0 Å². The fraction of sp³-hybridized carbons (Fsp3) is 0.625. The summed E-state index contributed by atoms with van der Waals surface area (Å²) in [6.45, 7) is 6.59. The maximum atomic E-state index is 13.9. The second kappa shape index (κ2) is 6.49. The molecule has 0 radical (unpaired) electrons. The number of benzene rings is 1. The van der Waals surface area contributed by atoms with E-state index in [0.29, 0.717) is 12.1 Å². The zero-order chi connectivity index (χ0) is 13.8. The molecule has 0 amide bonds. The Labute approximate surface area is 116 Å². The molecule has 106 valence electrons. The smallest absolute Gasteiger partial charge is 0.128 e. The average molecular weight is 264 g/mol. The molecule has 1 N–H and O–H groups in total. The van der Waals surface area contributed by atoms with Crippen LogP contribution in [0.4, 0.5) is 4.39 Å². The molecule has 0 saturated carbocycles. The third-order valence-corrected chi connectivity index (χ3v) is 4.19. The van der Waals surface area contributed by atoms with Crippen molar-refractivity contribution in [2.45, 2.75) is 64.6 Å². The van der Waals surface area contributed by atoms with E-state index in [1.54, 1.807) is 12.1 Å². The van der Waals surface area contributed by atoms with Crippen LogP contribution in [0.5, 0.6) is 0 Å². The van der Waals surface area contributed by atoms with Crippen LogP contribution < -0.4 is 5.43 Å². The van der Waals surface area contributed by atoms with E-state index in [1.807, 2.05) is 12.1 Å². The third-order valence-electron chi connectivity index (χ3n) is 4.19. The Kier molecular flexibility index (Phi) is 4.94. The molecule has 1 fully saturated rings. The first-order valence-electron chi connectivity index (χ1n) is 7.42. The van der Waals surface area contributed by atoms with Crippen LogP contribution in [0.2, 0.25) is 0 Å². The molecule has 0 bridgehead atoms. The first-order chi connectivity index (χ1) is 9.13. The van der Waals surface area contributed by atoms with Crippen LogP contribution in [0.25, 0.3) is 0 Å². The van der Waals surface area contributed by atoms with Crippen molar-refractivity contribution in [3.8, 4) is 0 Å². The van der Waals surface area contributed by atoms with Crippen LogP contribution in [0.3, 0.4) is 0 Å². The highest BCUT2D eigenvalue weighted by Gasteiger charge is 2.27. The van der Waals surface area contributed by atoms with E-state index in [1.165, 1.54) is 19.3 Å². The zero-order valence-corrected chi connectivity index (χ0v) is 12.2.